The predicted molar refractivity (Wildman–Crippen MR) is 53.9 cm³/mol. The zero-order valence-electron chi connectivity index (χ0n) is 8.47. The van der Waals surface area contributed by atoms with E-state index in [4.69, 9.17) is 20.8 Å². The van der Waals surface area contributed by atoms with Crippen LogP contribution < -0.4 is 10.5 Å². The molecule has 0 aromatic heterocycles. The van der Waals surface area contributed by atoms with E-state index in [1.54, 1.807) is 6.07 Å². The predicted octanol–water partition coefficient (Wildman–Crippen LogP) is 0.357. The van der Waals surface area contributed by atoms with Gasteiger partial charge in [0.2, 0.25) is 0 Å². The molecule has 0 bridgehead atoms. The van der Waals surface area contributed by atoms with E-state index in [1.807, 2.05) is 0 Å². The Morgan fingerprint density at radius 1 is 1.62 bits per heavy atom. The highest BCUT2D eigenvalue weighted by Gasteiger charge is 2.19. The zero-order valence-corrected chi connectivity index (χ0v) is 8.47. The van der Waals surface area contributed by atoms with Crippen molar-refractivity contribution < 1.29 is 19.7 Å². The zero-order chi connectivity index (χ0) is 12.3. The number of methoxy groups -OCH3 is 1. The largest absolute Gasteiger partial charge is 0.504 e. The highest BCUT2D eigenvalue weighted by molar-refractivity contribution is 5.76. The number of aliphatic carboxylic acids is 1. The maximum atomic E-state index is 10.6. The third-order valence-electron chi connectivity index (χ3n) is 2.04. The van der Waals surface area contributed by atoms with Crippen LogP contribution in [0.4, 0.5) is 0 Å². The molecule has 1 rings (SSSR count). The molecule has 4 N–H and O–H groups in total. The summed E-state index contributed by atoms with van der Waals surface area (Å²) in [6.07, 6.45) is 0. The lowest BCUT2D eigenvalue weighted by Crippen LogP contribution is -2.20. The average Bonchev–Trinajstić information content (AvgIpc) is 2.26. The highest BCUT2D eigenvalue weighted by Crippen LogP contribution is 2.32. The van der Waals surface area contributed by atoms with Crippen LogP contribution in [0.2, 0.25) is 0 Å². The second-order valence-electron chi connectivity index (χ2n) is 3.05. The lowest BCUT2D eigenvalue weighted by molar-refractivity contribution is -0.138. The molecule has 0 saturated carbocycles. The maximum absolute atomic E-state index is 10.6. The van der Waals surface area contributed by atoms with Gasteiger partial charge in [0, 0.05) is 0 Å². The molecule has 1 atom stereocenters. The molecule has 0 saturated heterocycles. The number of carbonyl (C=O) groups is 1. The number of nitriles is 1. The van der Waals surface area contributed by atoms with Gasteiger partial charge >= 0.3 is 5.97 Å². The Morgan fingerprint density at radius 3 is 2.69 bits per heavy atom. The normalized spacial score (nSPS) is 11.6. The summed E-state index contributed by atoms with van der Waals surface area (Å²) in [6.45, 7) is 0. The molecule has 0 spiro atoms. The van der Waals surface area contributed by atoms with Crippen molar-refractivity contribution >= 4 is 5.97 Å². The fraction of sp³-hybridized carbons (Fsp3) is 0.200. The number of hydrogen-bond acceptors (Lipinski definition) is 5. The van der Waals surface area contributed by atoms with E-state index in [-0.39, 0.29) is 22.6 Å². The molecule has 0 fully saturated rings. The van der Waals surface area contributed by atoms with Gasteiger partial charge in [-0.05, 0) is 17.7 Å². The van der Waals surface area contributed by atoms with E-state index in [0.29, 0.717) is 0 Å². The summed E-state index contributed by atoms with van der Waals surface area (Å²) >= 11 is 0. The van der Waals surface area contributed by atoms with Gasteiger partial charge in [0.05, 0.1) is 12.7 Å². The quantitative estimate of drug-likeness (QED) is 0.679. The number of nitrogens with zero attached hydrogens (tertiary/aromatic N) is 1. The first-order chi connectivity index (χ1) is 7.51. The fourth-order valence-electron chi connectivity index (χ4n) is 1.25. The number of phenolic OH excluding ortho intramolecular Hbond substituents is 1. The van der Waals surface area contributed by atoms with Crippen LogP contribution in [0.5, 0.6) is 11.5 Å². The van der Waals surface area contributed by atoms with Gasteiger partial charge in [0.1, 0.15) is 12.1 Å². The highest BCUT2D eigenvalue weighted by atomic mass is 16.5. The van der Waals surface area contributed by atoms with Crippen molar-refractivity contribution in [3.05, 3.63) is 23.3 Å². The second-order valence-corrected chi connectivity index (χ2v) is 3.05. The molecule has 6 nitrogen and oxygen atoms in total. The van der Waals surface area contributed by atoms with Crippen LogP contribution in [0.15, 0.2) is 12.1 Å². The maximum Gasteiger partial charge on any atom is 0.325 e. The smallest absolute Gasteiger partial charge is 0.325 e. The Kier molecular flexibility index (Phi) is 3.33. The molecule has 0 aliphatic rings. The number of ether oxygens (including phenoxy) is 1. The van der Waals surface area contributed by atoms with Crippen LogP contribution >= 0.6 is 0 Å². The number of nitrogens with two attached hydrogens (primary N) is 1. The van der Waals surface area contributed by atoms with Gasteiger partial charge in [-0.1, -0.05) is 0 Å². The van der Waals surface area contributed by atoms with Crippen molar-refractivity contribution in [2.24, 2.45) is 5.73 Å². The third-order valence-corrected chi connectivity index (χ3v) is 2.04. The molecule has 0 aliphatic heterocycles. The topological polar surface area (TPSA) is 117 Å². The van der Waals surface area contributed by atoms with Gasteiger partial charge in [0.25, 0.3) is 0 Å². The number of benzene rings is 1. The standard InChI is InChI=1S/C10H10N2O4/c1-16-9-6(4-11)2-5(3-7(9)13)8(12)10(14)15/h2-3,8,13H,12H2,1H3,(H,14,15). The van der Waals surface area contributed by atoms with Crippen molar-refractivity contribution in [3.8, 4) is 17.6 Å². The summed E-state index contributed by atoms with van der Waals surface area (Å²) < 4.78 is 4.80. The Balaban J connectivity index is 3.32. The first-order valence-corrected chi connectivity index (χ1v) is 4.30. The average molecular weight is 222 g/mol. The van der Waals surface area contributed by atoms with Crippen molar-refractivity contribution in [1.82, 2.24) is 0 Å². The number of rotatable bonds is 3. The van der Waals surface area contributed by atoms with E-state index in [1.165, 1.54) is 19.2 Å². The van der Waals surface area contributed by atoms with E-state index < -0.39 is 12.0 Å². The summed E-state index contributed by atoms with van der Waals surface area (Å²) in [7, 11) is 1.30. The summed E-state index contributed by atoms with van der Waals surface area (Å²) in [6, 6.07) is 2.94. The molecule has 0 amide bonds. The molecule has 6 heteroatoms. The van der Waals surface area contributed by atoms with Gasteiger partial charge < -0.3 is 20.7 Å². The summed E-state index contributed by atoms with van der Waals surface area (Å²) in [5, 5.41) is 27.0. The van der Waals surface area contributed by atoms with Crippen molar-refractivity contribution in [1.29, 1.82) is 5.26 Å². The number of carboxylic acids is 1. The van der Waals surface area contributed by atoms with Gasteiger partial charge in [-0.15, -0.1) is 0 Å². The molecule has 1 aromatic rings. The molecule has 84 valence electrons. The Bertz CT molecular complexity index is 465. The molecule has 1 unspecified atom stereocenters. The molecule has 0 heterocycles. The van der Waals surface area contributed by atoms with Crippen LogP contribution in [-0.4, -0.2) is 23.3 Å². The van der Waals surface area contributed by atoms with E-state index in [2.05, 4.69) is 0 Å². The minimum Gasteiger partial charge on any atom is -0.504 e. The van der Waals surface area contributed by atoms with Gasteiger partial charge in [-0.25, -0.2) is 0 Å². The number of carboxylic acid groups (broad SMARTS) is 1. The lowest BCUT2D eigenvalue weighted by Gasteiger charge is -2.11. The Labute approximate surface area is 91.5 Å². The molecule has 1 aromatic carbocycles. The van der Waals surface area contributed by atoms with Crippen molar-refractivity contribution in [3.63, 3.8) is 0 Å². The Morgan fingerprint density at radius 2 is 2.25 bits per heavy atom. The van der Waals surface area contributed by atoms with Gasteiger partial charge in [-0.3, -0.25) is 4.79 Å². The molecular weight excluding hydrogens is 212 g/mol. The van der Waals surface area contributed by atoms with Gasteiger partial charge in [-0.2, -0.15) is 5.26 Å². The van der Waals surface area contributed by atoms with E-state index in [0.717, 1.165) is 0 Å². The first kappa shape index (κ1) is 11.8. The fourth-order valence-corrected chi connectivity index (χ4v) is 1.25. The van der Waals surface area contributed by atoms with Crippen LogP contribution in [0.25, 0.3) is 0 Å². The molecule has 16 heavy (non-hydrogen) atoms. The number of aromatic hydroxyl groups is 1. The summed E-state index contributed by atoms with van der Waals surface area (Å²) in [4.78, 5) is 10.6. The van der Waals surface area contributed by atoms with Crippen molar-refractivity contribution in [2.45, 2.75) is 6.04 Å². The van der Waals surface area contributed by atoms with Crippen LogP contribution in [0.1, 0.15) is 17.2 Å². The number of hydrogen-bond donors (Lipinski definition) is 3. The molecule has 0 radical (unpaired) electrons. The van der Waals surface area contributed by atoms with Crippen LogP contribution in [0.3, 0.4) is 0 Å². The minimum absolute atomic E-state index is 0.00355. The summed E-state index contributed by atoms with van der Waals surface area (Å²) in [5.74, 6) is -1.55. The Hall–Kier alpha value is -2.26. The number of phenols is 1. The van der Waals surface area contributed by atoms with E-state index in [9.17, 15) is 9.90 Å². The molecule has 0 aliphatic carbocycles. The molecular formula is C10H10N2O4. The van der Waals surface area contributed by atoms with Crippen molar-refractivity contribution in [2.75, 3.05) is 7.11 Å². The first-order valence-electron chi connectivity index (χ1n) is 4.30. The van der Waals surface area contributed by atoms with Crippen LogP contribution in [-0.2, 0) is 4.79 Å². The minimum atomic E-state index is -1.29. The lowest BCUT2D eigenvalue weighted by atomic mass is 10.0. The SMILES string of the molecule is COc1c(O)cc(C(N)C(=O)O)cc1C#N. The van der Waals surface area contributed by atoms with E-state index >= 15 is 0 Å². The van der Waals surface area contributed by atoms with Gasteiger partial charge in [0.15, 0.2) is 11.5 Å². The van der Waals surface area contributed by atoms with Crippen LogP contribution in [0, 0.1) is 11.3 Å². The monoisotopic (exact) mass is 222 g/mol. The second kappa shape index (κ2) is 4.51. The summed E-state index contributed by atoms with van der Waals surface area (Å²) in [5.41, 5.74) is 5.54. The third kappa shape index (κ3) is 2.04.